The molecule has 1 saturated heterocycles. The number of hydrogen-bond donors (Lipinski definition) is 1. The first-order valence-electron chi connectivity index (χ1n) is 8.37. The number of nitrogens with one attached hydrogen (secondary N) is 1. The molecule has 0 radical (unpaired) electrons. The standard InChI is InChI=1S/C16H30N2O/c1-19-16-5-3-2-4-15(16)18(14-6-7-14)12-13-8-10-17-11-9-13/h13-17H,2-12H2,1H3. The highest BCUT2D eigenvalue weighted by atomic mass is 16.5. The average molecular weight is 266 g/mol. The van der Waals surface area contributed by atoms with Gasteiger partial charge in [-0.3, -0.25) is 4.90 Å². The molecule has 2 aliphatic carbocycles. The van der Waals surface area contributed by atoms with Crippen molar-refractivity contribution in [1.82, 2.24) is 10.2 Å². The van der Waals surface area contributed by atoms with Crippen LogP contribution in [0.4, 0.5) is 0 Å². The highest BCUT2D eigenvalue weighted by molar-refractivity contribution is 4.94. The predicted molar refractivity (Wildman–Crippen MR) is 78.4 cm³/mol. The van der Waals surface area contributed by atoms with Crippen molar-refractivity contribution in [2.75, 3.05) is 26.7 Å². The number of rotatable bonds is 5. The number of nitrogens with zero attached hydrogens (tertiary/aromatic N) is 1. The van der Waals surface area contributed by atoms with Gasteiger partial charge < -0.3 is 10.1 Å². The van der Waals surface area contributed by atoms with Crippen LogP contribution in [-0.2, 0) is 4.74 Å². The second kappa shape index (κ2) is 6.55. The Morgan fingerprint density at radius 2 is 1.74 bits per heavy atom. The average Bonchev–Trinajstić information content (AvgIpc) is 3.30. The van der Waals surface area contributed by atoms with Gasteiger partial charge in [0.05, 0.1) is 6.10 Å². The molecule has 3 nitrogen and oxygen atoms in total. The third kappa shape index (κ3) is 3.50. The zero-order valence-electron chi connectivity index (χ0n) is 12.4. The van der Waals surface area contributed by atoms with Crippen LogP contribution in [0.25, 0.3) is 0 Å². The number of piperidine rings is 1. The summed E-state index contributed by atoms with van der Waals surface area (Å²) >= 11 is 0. The van der Waals surface area contributed by atoms with Crippen molar-refractivity contribution < 1.29 is 4.74 Å². The lowest BCUT2D eigenvalue weighted by molar-refractivity contribution is -0.0211. The third-order valence-electron chi connectivity index (χ3n) is 5.34. The minimum atomic E-state index is 0.496. The molecule has 1 heterocycles. The van der Waals surface area contributed by atoms with Gasteiger partial charge in [-0.15, -0.1) is 0 Å². The smallest absolute Gasteiger partial charge is 0.0726 e. The fourth-order valence-electron chi connectivity index (χ4n) is 4.06. The Balaban J connectivity index is 1.61. The molecule has 0 bridgehead atoms. The quantitative estimate of drug-likeness (QED) is 0.827. The zero-order valence-corrected chi connectivity index (χ0v) is 12.4. The van der Waals surface area contributed by atoms with Gasteiger partial charge in [-0.2, -0.15) is 0 Å². The van der Waals surface area contributed by atoms with Crippen LogP contribution in [0.3, 0.4) is 0 Å². The van der Waals surface area contributed by atoms with E-state index in [0.29, 0.717) is 12.1 Å². The molecule has 3 fully saturated rings. The second-order valence-electron chi connectivity index (χ2n) is 6.75. The maximum atomic E-state index is 5.80. The van der Waals surface area contributed by atoms with Gasteiger partial charge in [0, 0.05) is 25.7 Å². The summed E-state index contributed by atoms with van der Waals surface area (Å²) in [5.41, 5.74) is 0. The van der Waals surface area contributed by atoms with Crippen LogP contribution in [0.5, 0.6) is 0 Å². The van der Waals surface area contributed by atoms with Gasteiger partial charge >= 0.3 is 0 Å². The minimum absolute atomic E-state index is 0.496. The van der Waals surface area contributed by atoms with E-state index < -0.39 is 0 Å². The molecule has 0 aromatic rings. The van der Waals surface area contributed by atoms with Crippen molar-refractivity contribution in [1.29, 1.82) is 0 Å². The minimum Gasteiger partial charge on any atom is -0.380 e. The summed E-state index contributed by atoms with van der Waals surface area (Å²) in [6.45, 7) is 3.78. The molecular weight excluding hydrogens is 236 g/mol. The topological polar surface area (TPSA) is 24.5 Å². The van der Waals surface area contributed by atoms with Gasteiger partial charge in [-0.1, -0.05) is 12.8 Å². The van der Waals surface area contributed by atoms with E-state index in [4.69, 9.17) is 4.74 Å². The van der Waals surface area contributed by atoms with E-state index in [0.717, 1.165) is 12.0 Å². The van der Waals surface area contributed by atoms with Crippen LogP contribution >= 0.6 is 0 Å². The molecule has 0 aromatic carbocycles. The summed E-state index contributed by atoms with van der Waals surface area (Å²) in [6.07, 6.45) is 11.5. The zero-order chi connectivity index (χ0) is 13.1. The first-order valence-corrected chi connectivity index (χ1v) is 8.37. The van der Waals surface area contributed by atoms with Crippen LogP contribution in [0.15, 0.2) is 0 Å². The van der Waals surface area contributed by atoms with Crippen LogP contribution in [0.2, 0.25) is 0 Å². The summed E-state index contributed by atoms with van der Waals surface area (Å²) < 4.78 is 5.80. The maximum absolute atomic E-state index is 5.80. The van der Waals surface area contributed by atoms with Crippen molar-refractivity contribution in [3.8, 4) is 0 Å². The van der Waals surface area contributed by atoms with Gasteiger partial charge in [0.2, 0.25) is 0 Å². The van der Waals surface area contributed by atoms with Crippen LogP contribution in [0, 0.1) is 5.92 Å². The first-order chi connectivity index (χ1) is 9.38. The van der Waals surface area contributed by atoms with Crippen LogP contribution < -0.4 is 5.32 Å². The monoisotopic (exact) mass is 266 g/mol. The summed E-state index contributed by atoms with van der Waals surface area (Å²) in [6, 6.07) is 1.59. The van der Waals surface area contributed by atoms with Crippen molar-refractivity contribution in [2.24, 2.45) is 5.92 Å². The fraction of sp³-hybridized carbons (Fsp3) is 1.00. The molecule has 1 N–H and O–H groups in total. The molecule has 0 amide bonds. The van der Waals surface area contributed by atoms with Crippen molar-refractivity contribution >= 4 is 0 Å². The van der Waals surface area contributed by atoms with Gasteiger partial charge in [0.1, 0.15) is 0 Å². The summed E-state index contributed by atoms with van der Waals surface area (Å²) in [5, 5.41) is 3.49. The number of methoxy groups -OCH3 is 1. The summed E-state index contributed by atoms with van der Waals surface area (Å²) in [4.78, 5) is 2.85. The summed E-state index contributed by atoms with van der Waals surface area (Å²) in [7, 11) is 1.92. The molecule has 3 aliphatic rings. The van der Waals surface area contributed by atoms with Gasteiger partial charge in [-0.25, -0.2) is 0 Å². The van der Waals surface area contributed by atoms with Crippen molar-refractivity contribution in [3.05, 3.63) is 0 Å². The fourth-order valence-corrected chi connectivity index (χ4v) is 4.06. The second-order valence-corrected chi connectivity index (χ2v) is 6.75. The lowest BCUT2D eigenvalue weighted by Gasteiger charge is -2.41. The largest absolute Gasteiger partial charge is 0.380 e. The molecule has 2 saturated carbocycles. The van der Waals surface area contributed by atoms with E-state index in [1.165, 1.54) is 71.0 Å². The van der Waals surface area contributed by atoms with Gasteiger partial charge in [-0.05, 0) is 57.5 Å². The van der Waals surface area contributed by atoms with Gasteiger partial charge in [0.25, 0.3) is 0 Å². The van der Waals surface area contributed by atoms with E-state index in [-0.39, 0.29) is 0 Å². The Labute approximate surface area is 118 Å². The molecule has 0 spiro atoms. The van der Waals surface area contributed by atoms with E-state index in [9.17, 15) is 0 Å². The van der Waals surface area contributed by atoms with Crippen LogP contribution in [-0.4, -0.2) is 49.8 Å². The Morgan fingerprint density at radius 1 is 1.00 bits per heavy atom. The van der Waals surface area contributed by atoms with E-state index >= 15 is 0 Å². The number of ether oxygens (including phenoxy) is 1. The molecule has 1 aliphatic heterocycles. The Bertz CT molecular complexity index is 274. The normalized spacial score (nSPS) is 33.8. The Hall–Kier alpha value is -0.120. The van der Waals surface area contributed by atoms with E-state index in [1.54, 1.807) is 0 Å². The molecule has 3 rings (SSSR count). The molecule has 110 valence electrons. The summed E-state index contributed by atoms with van der Waals surface area (Å²) in [5.74, 6) is 0.918. The van der Waals surface area contributed by atoms with E-state index in [1.807, 2.05) is 7.11 Å². The van der Waals surface area contributed by atoms with Gasteiger partial charge in [0.15, 0.2) is 0 Å². The molecule has 2 atom stereocenters. The van der Waals surface area contributed by atoms with Crippen molar-refractivity contribution in [3.63, 3.8) is 0 Å². The van der Waals surface area contributed by atoms with Crippen molar-refractivity contribution in [2.45, 2.75) is 69.6 Å². The number of hydrogen-bond acceptors (Lipinski definition) is 3. The molecule has 19 heavy (non-hydrogen) atoms. The SMILES string of the molecule is COC1CCCCC1N(CC1CCNCC1)C1CC1. The lowest BCUT2D eigenvalue weighted by Crippen LogP contribution is -2.50. The predicted octanol–water partition coefficient (Wildman–Crippen LogP) is 2.41. The molecule has 2 unspecified atom stereocenters. The Kier molecular flexibility index (Phi) is 4.78. The van der Waals surface area contributed by atoms with E-state index in [2.05, 4.69) is 10.2 Å². The third-order valence-corrected chi connectivity index (χ3v) is 5.34. The maximum Gasteiger partial charge on any atom is 0.0726 e. The Morgan fingerprint density at radius 3 is 2.42 bits per heavy atom. The lowest BCUT2D eigenvalue weighted by atomic mass is 9.89. The highest BCUT2D eigenvalue weighted by Gasteiger charge is 2.39. The molecule has 3 heteroatoms. The molecule has 0 aromatic heterocycles. The van der Waals surface area contributed by atoms with Crippen LogP contribution in [0.1, 0.15) is 51.4 Å². The first kappa shape index (κ1) is 13.8. The molecular formula is C16H30N2O. The highest BCUT2D eigenvalue weighted by Crippen LogP contribution is 2.36.